The lowest BCUT2D eigenvalue weighted by Gasteiger charge is -2.33. The van der Waals surface area contributed by atoms with Gasteiger partial charge in [-0.05, 0) is 43.4 Å². The van der Waals surface area contributed by atoms with Crippen molar-refractivity contribution in [1.29, 1.82) is 0 Å². The standard InChI is InChI=1S/C32H50N4O7/c1-6-7-13-33(15-10-17-36(2,3)4)29(38)21-35-20-24(23-18-26(41-5)31-27(19-23)42-22-43-31)30(32(39)40)25(35)12-16-34-14-9-8-11-28(34)37/h18-19,24-25,30H,6-17,20-22H2,1-5H3/p+1/t24-,25+,30?/m1/s1. The molecule has 3 heterocycles. The van der Waals surface area contributed by atoms with Gasteiger partial charge in [0.2, 0.25) is 24.4 Å². The molecule has 2 saturated heterocycles. The minimum atomic E-state index is -0.905. The second-order valence-electron chi connectivity index (χ2n) is 13.2. The maximum Gasteiger partial charge on any atom is 0.308 e. The third-order valence-corrected chi connectivity index (χ3v) is 8.99. The van der Waals surface area contributed by atoms with Crippen LogP contribution in [0.5, 0.6) is 17.2 Å². The zero-order valence-corrected chi connectivity index (χ0v) is 26.7. The second kappa shape index (κ2) is 14.6. The number of quaternary nitrogens is 1. The van der Waals surface area contributed by atoms with Gasteiger partial charge in [0.1, 0.15) is 0 Å². The van der Waals surface area contributed by atoms with E-state index in [0.29, 0.717) is 62.8 Å². The molecule has 11 heteroatoms. The second-order valence-corrected chi connectivity index (χ2v) is 13.2. The molecule has 0 saturated carbocycles. The number of carboxylic acid groups (broad SMARTS) is 1. The van der Waals surface area contributed by atoms with Gasteiger partial charge in [0.25, 0.3) is 0 Å². The lowest BCUT2D eigenvalue weighted by molar-refractivity contribution is -0.870. The van der Waals surface area contributed by atoms with Crippen molar-refractivity contribution in [3.8, 4) is 17.2 Å². The van der Waals surface area contributed by atoms with Crippen LogP contribution in [-0.4, -0.2) is 129 Å². The highest BCUT2D eigenvalue weighted by molar-refractivity contribution is 5.79. The van der Waals surface area contributed by atoms with E-state index < -0.39 is 23.8 Å². The summed E-state index contributed by atoms with van der Waals surface area (Å²) in [6.07, 6.45) is 5.70. The Labute approximate surface area is 256 Å². The number of aliphatic carboxylic acids is 1. The Morgan fingerprint density at radius 2 is 1.91 bits per heavy atom. The first-order chi connectivity index (χ1) is 20.5. The van der Waals surface area contributed by atoms with Gasteiger partial charge in [-0.1, -0.05) is 13.3 Å². The molecule has 11 nitrogen and oxygen atoms in total. The number of unbranched alkanes of at least 4 members (excludes halogenated alkanes) is 1. The van der Waals surface area contributed by atoms with Crippen molar-refractivity contribution in [3.05, 3.63) is 17.7 Å². The van der Waals surface area contributed by atoms with E-state index in [1.54, 1.807) is 7.11 Å². The van der Waals surface area contributed by atoms with E-state index >= 15 is 0 Å². The number of carbonyl (C=O) groups excluding carboxylic acids is 2. The minimum Gasteiger partial charge on any atom is -0.493 e. The number of hydrogen-bond donors (Lipinski definition) is 1. The lowest BCUT2D eigenvalue weighted by atomic mass is 9.84. The molecule has 1 aromatic rings. The molecule has 1 aromatic carbocycles. The Morgan fingerprint density at radius 1 is 1.14 bits per heavy atom. The predicted molar refractivity (Wildman–Crippen MR) is 162 cm³/mol. The van der Waals surface area contributed by atoms with Crippen molar-refractivity contribution in [2.24, 2.45) is 5.92 Å². The first kappa shape index (κ1) is 32.9. The number of methoxy groups -OCH3 is 1. The normalized spacial score (nSPS) is 22.2. The van der Waals surface area contributed by atoms with Gasteiger partial charge in [0, 0.05) is 57.5 Å². The van der Waals surface area contributed by atoms with E-state index in [1.807, 2.05) is 21.9 Å². The van der Waals surface area contributed by atoms with Crippen molar-refractivity contribution >= 4 is 17.8 Å². The fourth-order valence-electron chi connectivity index (χ4n) is 6.66. The molecule has 1 N–H and O–H groups in total. The van der Waals surface area contributed by atoms with Crippen molar-refractivity contribution < 1.29 is 38.2 Å². The zero-order chi connectivity index (χ0) is 31.1. The third-order valence-electron chi connectivity index (χ3n) is 8.99. The number of piperidine rings is 1. The summed E-state index contributed by atoms with van der Waals surface area (Å²) >= 11 is 0. The van der Waals surface area contributed by atoms with Gasteiger partial charge in [-0.3, -0.25) is 19.3 Å². The Balaban J connectivity index is 1.60. The van der Waals surface area contributed by atoms with E-state index in [4.69, 9.17) is 14.2 Å². The molecular formula is C32H51N4O7+. The fraction of sp³-hybridized carbons (Fsp3) is 0.719. The lowest BCUT2D eigenvalue weighted by Crippen LogP contribution is -2.47. The molecule has 2 amide bonds. The number of likely N-dealkylation sites (tertiary alicyclic amines) is 2. The molecule has 43 heavy (non-hydrogen) atoms. The minimum absolute atomic E-state index is 0.0296. The predicted octanol–water partition coefficient (Wildman–Crippen LogP) is 3.02. The summed E-state index contributed by atoms with van der Waals surface area (Å²) in [6.45, 7) is 6.27. The molecule has 2 fully saturated rings. The first-order valence-corrected chi connectivity index (χ1v) is 15.8. The summed E-state index contributed by atoms with van der Waals surface area (Å²) in [5.41, 5.74) is 0.785. The van der Waals surface area contributed by atoms with Crippen LogP contribution < -0.4 is 14.2 Å². The van der Waals surface area contributed by atoms with E-state index in [2.05, 4.69) is 33.0 Å². The molecular weight excluding hydrogens is 552 g/mol. The third kappa shape index (κ3) is 8.32. The molecule has 1 unspecified atom stereocenters. The van der Waals surface area contributed by atoms with Crippen LogP contribution in [0.2, 0.25) is 0 Å². The molecule has 0 spiro atoms. The van der Waals surface area contributed by atoms with E-state index in [9.17, 15) is 19.5 Å². The fourth-order valence-corrected chi connectivity index (χ4v) is 6.66. The van der Waals surface area contributed by atoms with E-state index in [1.165, 1.54) is 0 Å². The van der Waals surface area contributed by atoms with E-state index in [0.717, 1.165) is 48.7 Å². The van der Waals surface area contributed by atoms with Gasteiger partial charge in [0.15, 0.2) is 11.5 Å². The van der Waals surface area contributed by atoms with Gasteiger partial charge < -0.3 is 33.6 Å². The van der Waals surface area contributed by atoms with Crippen molar-refractivity contribution in [2.45, 2.75) is 63.8 Å². The summed E-state index contributed by atoms with van der Waals surface area (Å²) in [4.78, 5) is 45.3. The molecule has 0 aliphatic carbocycles. The molecule has 4 rings (SSSR count). The Kier molecular flexibility index (Phi) is 11.2. The van der Waals surface area contributed by atoms with Crippen LogP contribution in [0, 0.1) is 5.92 Å². The van der Waals surface area contributed by atoms with Gasteiger partial charge in [-0.2, -0.15) is 0 Å². The topological polar surface area (TPSA) is 109 Å². The van der Waals surface area contributed by atoms with Gasteiger partial charge in [-0.25, -0.2) is 0 Å². The molecule has 240 valence electrons. The number of benzene rings is 1. The number of carbonyl (C=O) groups is 3. The summed E-state index contributed by atoms with van der Waals surface area (Å²) < 4.78 is 17.6. The Morgan fingerprint density at radius 3 is 2.58 bits per heavy atom. The van der Waals surface area contributed by atoms with Crippen molar-refractivity contribution in [3.63, 3.8) is 0 Å². The van der Waals surface area contributed by atoms with Gasteiger partial charge in [-0.15, -0.1) is 0 Å². The monoisotopic (exact) mass is 603 g/mol. The number of carboxylic acids is 1. The van der Waals surface area contributed by atoms with Crippen molar-refractivity contribution in [1.82, 2.24) is 14.7 Å². The number of amides is 2. The highest BCUT2D eigenvalue weighted by Gasteiger charge is 2.48. The SMILES string of the molecule is CCCCN(CCC[N+](C)(C)C)C(=O)CN1C[C@H](c2cc(OC)c3c(c2)OCO3)C(C(=O)O)[C@@H]1CCN1CCCCC1=O. The molecule has 0 radical (unpaired) electrons. The smallest absolute Gasteiger partial charge is 0.308 e. The molecule has 0 bridgehead atoms. The number of nitrogens with zero attached hydrogens (tertiary/aromatic N) is 4. The van der Waals surface area contributed by atoms with E-state index in [-0.39, 0.29) is 25.2 Å². The summed E-state index contributed by atoms with van der Waals surface area (Å²) in [6, 6.07) is 3.28. The quantitative estimate of drug-likeness (QED) is 0.305. The van der Waals surface area contributed by atoms with Crippen LogP contribution in [0.3, 0.4) is 0 Å². The van der Waals surface area contributed by atoms with Crippen molar-refractivity contribution in [2.75, 3.05) is 80.9 Å². The number of ether oxygens (including phenoxy) is 3. The highest BCUT2D eigenvalue weighted by atomic mass is 16.7. The van der Waals surface area contributed by atoms with Gasteiger partial charge >= 0.3 is 5.97 Å². The number of rotatable bonds is 15. The van der Waals surface area contributed by atoms with Crippen LogP contribution in [0.25, 0.3) is 0 Å². The van der Waals surface area contributed by atoms with Crippen LogP contribution in [0.15, 0.2) is 12.1 Å². The van der Waals surface area contributed by atoms with Crippen LogP contribution in [-0.2, 0) is 14.4 Å². The van der Waals surface area contributed by atoms with Crippen LogP contribution in [0.4, 0.5) is 0 Å². The van der Waals surface area contributed by atoms with Gasteiger partial charge in [0.05, 0.1) is 47.3 Å². The maximum atomic E-state index is 13.8. The zero-order valence-electron chi connectivity index (χ0n) is 26.7. The molecule has 3 aliphatic heterocycles. The molecule has 3 atom stereocenters. The van der Waals surface area contributed by atoms with Crippen LogP contribution in [0.1, 0.15) is 63.4 Å². The average molecular weight is 604 g/mol. The average Bonchev–Trinajstić information content (AvgIpc) is 3.58. The molecule has 3 aliphatic rings. The number of fused-ring (bicyclic) bond motifs is 1. The van der Waals surface area contributed by atoms with Crippen LogP contribution >= 0.6 is 0 Å². The molecule has 0 aromatic heterocycles. The number of hydrogen-bond acceptors (Lipinski definition) is 7. The maximum absolute atomic E-state index is 13.8. The summed E-state index contributed by atoms with van der Waals surface area (Å²) in [5.74, 6) is -0.353. The highest BCUT2D eigenvalue weighted by Crippen LogP contribution is 2.47. The summed E-state index contributed by atoms with van der Waals surface area (Å²) in [5, 5.41) is 10.6. The Hall–Kier alpha value is -3.05. The first-order valence-electron chi connectivity index (χ1n) is 15.8. The largest absolute Gasteiger partial charge is 0.493 e. The Bertz CT molecular complexity index is 1140. The summed E-state index contributed by atoms with van der Waals surface area (Å²) in [7, 11) is 8.00.